The summed E-state index contributed by atoms with van der Waals surface area (Å²) in [6.45, 7) is 3.85. The lowest BCUT2D eigenvalue weighted by Gasteiger charge is -2.30. The molecule has 1 saturated carbocycles. The molecule has 0 aromatic carbocycles. The summed E-state index contributed by atoms with van der Waals surface area (Å²) in [7, 11) is 0. The van der Waals surface area contributed by atoms with E-state index in [1.165, 1.54) is 12.8 Å². The van der Waals surface area contributed by atoms with Crippen LogP contribution in [0.3, 0.4) is 0 Å². The van der Waals surface area contributed by atoms with Gasteiger partial charge in [-0.05, 0) is 32.2 Å². The van der Waals surface area contributed by atoms with E-state index < -0.39 is 0 Å². The second kappa shape index (κ2) is 5.59. The highest BCUT2D eigenvalue weighted by molar-refractivity contribution is 4.94. The van der Waals surface area contributed by atoms with Crippen LogP contribution in [0.1, 0.15) is 50.7 Å². The zero-order chi connectivity index (χ0) is 13.2. The number of likely N-dealkylation sites (tertiary alicyclic amines) is 1. The van der Waals surface area contributed by atoms with Crippen molar-refractivity contribution in [1.29, 1.82) is 0 Å². The number of aliphatic hydroxyl groups is 1. The molecule has 3 unspecified atom stereocenters. The number of rotatable bonds is 4. The Morgan fingerprint density at radius 2 is 2.21 bits per heavy atom. The fraction of sp³-hybridized carbons (Fsp3) is 0.857. The van der Waals surface area contributed by atoms with Crippen LogP contribution in [0.2, 0.25) is 0 Å². The molecular formula is C14H23N3O2. The van der Waals surface area contributed by atoms with Crippen LogP contribution in [0.4, 0.5) is 0 Å². The van der Waals surface area contributed by atoms with Crippen molar-refractivity contribution >= 4 is 0 Å². The first kappa shape index (κ1) is 13.1. The van der Waals surface area contributed by atoms with E-state index in [0.29, 0.717) is 12.0 Å². The van der Waals surface area contributed by atoms with Crippen molar-refractivity contribution in [3.63, 3.8) is 0 Å². The predicted molar refractivity (Wildman–Crippen MR) is 70.5 cm³/mol. The average molecular weight is 265 g/mol. The maximum Gasteiger partial charge on any atom is 0.240 e. The molecule has 1 saturated heterocycles. The molecular weight excluding hydrogens is 242 g/mol. The molecule has 3 rings (SSSR count). The Kier molecular flexibility index (Phi) is 3.84. The summed E-state index contributed by atoms with van der Waals surface area (Å²) in [5.41, 5.74) is 0. The molecule has 0 radical (unpaired) electrons. The molecule has 5 heteroatoms. The Morgan fingerprint density at radius 1 is 1.32 bits per heavy atom. The van der Waals surface area contributed by atoms with E-state index >= 15 is 0 Å². The molecule has 0 bridgehead atoms. The van der Waals surface area contributed by atoms with Gasteiger partial charge in [-0.15, -0.1) is 0 Å². The van der Waals surface area contributed by atoms with Crippen LogP contribution < -0.4 is 0 Å². The fourth-order valence-electron chi connectivity index (χ4n) is 3.62. The van der Waals surface area contributed by atoms with Crippen LogP contribution in [0.25, 0.3) is 0 Å². The molecule has 2 heterocycles. The zero-order valence-corrected chi connectivity index (χ0v) is 11.6. The standard InChI is InChI=1S/C14H23N3O2/c1-2-13-15-14(19-16-13)9-17-8-4-6-11(17)10-5-3-7-12(10)18/h10-12,18H,2-9H2,1H3. The van der Waals surface area contributed by atoms with Gasteiger partial charge >= 0.3 is 0 Å². The molecule has 106 valence electrons. The van der Waals surface area contributed by atoms with E-state index in [1.54, 1.807) is 0 Å². The van der Waals surface area contributed by atoms with Gasteiger partial charge in [-0.3, -0.25) is 4.90 Å². The van der Waals surface area contributed by atoms with Crippen LogP contribution in [0.15, 0.2) is 4.52 Å². The minimum absolute atomic E-state index is 0.112. The van der Waals surface area contributed by atoms with Gasteiger partial charge in [0.2, 0.25) is 5.89 Å². The number of hydrogen-bond donors (Lipinski definition) is 1. The second-order valence-electron chi connectivity index (χ2n) is 5.80. The van der Waals surface area contributed by atoms with Crippen molar-refractivity contribution in [2.24, 2.45) is 5.92 Å². The largest absolute Gasteiger partial charge is 0.393 e. The van der Waals surface area contributed by atoms with Gasteiger partial charge in [0.1, 0.15) is 0 Å². The Morgan fingerprint density at radius 3 is 2.89 bits per heavy atom. The van der Waals surface area contributed by atoms with Gasteiger partial charge in [-0.1, -0.05) is 18.5 Å². The minimum Gasteiger partial charge on any atom is -0.393 e. The van der Waals surface area contributed by atoms with Crippen molar-refractivity contribution < 1.29 is 9.63 Å². The summed E-state index contributed by atoms with van der Waals surface area (Å²) in [6, 6.07) is 0.495. The van der Waals surface area contributed by atoms with Crippen LogP contribution in [0.5, 0.6) is 0 Å². The van der Waals surface area contributed by atoms with Gasteiger partial charge in [0.05, 0.1) is 12.6 Å². The van der Waals surface area contributed by atoms with Gasteiger partial charge in [0, 0.05) is 18.4 Å². The first-order valence-corrected chi connectivity index (χ1v) is 7.51. The predicted octanol–water partition coefficient (Wildman–Crippen LogP) is 1.76. The lowest BCUT2D eigenvalue weighted by atomic mass is 9.94. The fourth-order valence-corrected chi connectivity index (χ4v) is 3.62. The normalized spacial score (nSPS) is 32.2. The van der Waals surface area contributed by atoms with Crippen LogP contribution in [0, 0.1) is 5.92 Å². The van der Waals surface area contributed by atoms with Gasteiger partial charge in [0.25, 0.3) is 0 Å². The third kappa shape index (κ3) is 2.67. The summed E-state index contributed by atoms with van der Waals surface area (Å²) >= 11 is 0. The third-order valence-electron chi connectivity index (χ3n) is 4.60. The van der Waals surface area contributed by atoms with Crippen molar-refractivity contribution in [2.45, 2.75) is 64.1 Å². The van der Waals surface area contributed by atoms with Crippen LogP contribution in [-0.4, -0.2) is 38.8 Å². The monoisotopic (exact) mass is 265 g/mol. The lowest BCUT2D eigenvalue weighted by molar-refractivity contribution is 0.0676. The van der Waals surface area contributed by atoms with E-state index in [2.05, 4.69) is 15.0 Å². The molecule has 19 heavy (non-hydrogen) atoms. The average Bonchev–Trinajstić information content (AvgIpc) is 3.10. The number of aryl methyl sites for hydroxylation is 1. The van der Waals surface area contributed by atoms with Crippen molar-refractivity contribution in [2.75, 3.05) is 6.54 Å². The van der Waals surface area contributed by atoms with E-state index in [-0.39, 0.29) is 6.10 Å². The molecule has 2 fully saturated rings. The third-order valence-corrected chi connectivity index (χ3v) is 4.60. The molecule has 1 aliphatic heterocycles. The van der Waals surface area contributed by atoms with Crippen LogP contribution in [-0.2, 0) is 13.0 Å². The Hall–Kier alpha value is -0.940. The number of nitrogens with zero attached hydrogens (tertiary/aromatic N) is 3. The quantitative estimate of drug-likeness (QED) is 0.898. The highest BCUT2D eigenvalue weighted by Crippen LogP contribution is 2.36. The van der Waals surface area contributed by atoms with Gasteiger partial charge in [0.15, 0.2) is 5.82 Å². The number of aliphatic hydroxyl groups excluding tert-OH is 1. The van der Waals surface area contributed by atoms with E-state index in [4.69, 9.17) is 4.52 Å². The first-order chi connectivity index (χ1) is 9.28. The van der Waals surface area contributed by atoms with E-state index in [1.807, 2.05) is 6.92 Å². The molecule has 0 amide bonds. The maximum absolute atomic E-state index is 10.1. The summed E-state index contributed by atoms with van der Waals surface area (Å²) in [5.74, 6) is 1.94. The summed E-state index contributed by atoms with van der Waals surface area (Å²) < 4.78 is 5.29. The highest BCUT2D eigenvalue weighted by Gasteiger charge is 2.38. The lowest BCUT2D eigenvalue weighted by Crippen LogP contribution is -2.38. The SMILES string of the molecule is CCc1noc(CN2CCCC2C2CCCC2O)n1. The molecule has 1 N–H and O–H groups in total. The molecule has 0 spiro atoms. The van der Waals surface area contributed by atoms with Gasteiger partial charge in [-0.2, -0.15) is 4.98 Å². The molecule has 2 aliphatic rings. The van der Waals surface area contributed by atoms with Crippen molar-refractivity contribution in [3.8, 4) is 0 Å². The first-order valence-electron chi connectivity index (χ1n) is 7.51. The molecule has 1 aromatic heterocycles. The molecule has 1 aromatic rings. The zero-order valence-electron chi connectivity index (χ0n) is 11.6. The smallest absolute Gasteiger partial charge is 0.240 e. The second-order valence-corrected chi connectivity index (χ2v) is 5.80. The molecule has 1 aliphatic carbocycles. The van der Waals surface area contributed by atoms with Crippen molar-refractivity contribution in [1.82, 2.24) is 15.0 Å². The maximum atomic E-state index is 10.1. The highest BCUT2D eigenvalue weighted by atomic mass is 16.5. The topological polar surface area (TPSA) is 62.4 Å². The minimum atomic E-state index is -0.112. The van der Waals surface area contributed by atoms with E-state index in [0.717, 1.165) is 50.5 Å². The molecule has 3 atom stereocenters. The summed E-state index contributed by atoms with van der Waals surface area (Å²) in [5, 5.41) is 14.0. The van der Waals surface area contributed by atoms with Gasteiger partial charge in [-0.25, -0.2) is 0 Å². The number of hydrogen-bond acceptors (Lipinski definition) is 5. The number of aromatic nitrogens is 2. The van der Waals surface area contributed by atoms with E-state index in [9.17, 15) is 5.11 Å². The Balaban J connectivity index is 1.65. The summed E-state index contributed by atoms with van der Waals surface area (Å²) in [6.07, 6.45) is 6.39. The van der Waals surface area contributed by atoms with Crippen molar-refractivity contribution in [3.05, 3.63) is 11.7 Å². The Bertz CT molecular complexity index is 421. The molecule has 5 nitrogen and oxygen atoms in total. The Labute approximate surface area is 114 Å². The van der Waals surface area contributed by atoms with Gasteiger partial charge < -0.3 is 9.63 Å². The van der Waals surface area contributed by atoms with Crippen LogP contribution >= 0.6 is 0 Å². The summed E-state index contributed by atoms with van der Waals surface area (Å²) in [4.78, 5) is 6.81.